The third-order valence-electron chi connectivity index (χ3n) is 3.29. The van der Waals surface area contributed by atoms with Crippen LogP contribution >= 0.6 is 0 Å². The van der Waals surface area contributed by atoms with E-state index < -0.39 is 11.9 Å². The van der Waals surface area contributed by atoms with Gasteiger partial charge in [0.25, 0.3) is 0 Å². The molecule has 0 radical (unpaired) electrons. The van der Waals surface area contributed by atoms with Gasteiger partial charge in [-0.05, 0) is 54.8 Å². The van der Waals surface area contributed by atoms with Crippen LogP contribution in [0.2, 0.25) is 0 Å². The summed E-state index contributed by atoms with van der Waals surface area (Å²) in [4.78, 5) is 0. The van der Waals surface area contributed by atoms with Crippen LogP contribution in [0.4, 0.5) is 4.39 Å². The molecule has 0 aromatic heterocycles. The first-order valence-electron chi connectivity index (χ1n) is 6.75. The van der Waals surface area contributed by atoms with Gasteiger partial charge in [0.05, 0.1) is 13.2 Å². The Morgan fingerprint density at radius 2 is 1.86 bits per heavy atom. The van der Waals surface area contributed by atoms with Crippen molar-refractivity contribution in [1.82, 2.24) is 0 Å². The molecule has 1 atom stereocenters. The summed E-state index contributed by atoms with van der Waals surface area (Å²) in [5, 5.41) is 9.53. The van der Waals surface area contributed by atoms with Crippen LogP contribution in [0.25, 0.3) is 0 Å². The molecule has 2 aromatic rings. The topological polar surface area (TPSA) is 38.7 Å². The fourth-order valence-electron chi connectivity index (χ4n) is 2.06. The Labute approximate surface area is 124 Å². The molecule has 4 heteroatoms. The van der Waals surface area contributed by atoms with E-state index in [1.807, 2.05) is 25.1 Å². The van der Waals surface area contributed by atoms with Crippen LogP contribution in [0.5, 0.6) is 11.5 Å². The number of aliphatic hydroxyl groups excluding tert-OH is 1. The number of benzene rings is 2. The van der Waals surface area contributed by atoms with Crippen molar-refractivity contribution < 1.29 is 19.0 Å². The number of aryl methyl sites for hydroxylation is 1. The largest absolute Gasteiger partial charge is 0.494 e. The molecule has 0 unspecified atom stereocenters. The highest BCUT2D eigenvalue weighted by Crippen LogP contribution is 2.24. The fourth-order valence-corrected chi connectivity index (χ4v) is 2.06. The minimum absolute atomic E-state index is 0.219. The van der Waals surface area contributed by atoms with Gasteiger partial charge in [-0.1, -0.05) is 12.1 Å². The average molecular weight is 290 g/mol. The number of halogens is 1. The Kier molecular flexibility index (Phi) is 4.81. The van der Waals surface area contributed by atoms with Gasteiger partial charge in [0.1, 0.15) is 12.4 Å². The van der Waals surface area contributed by atoms with E-state index in [-0.39, 0.29) is 12.4 Å². The van der Waals surface area contributed by atoms with Crippen molar-refractivity contribution in [3.05, 3.63) is 58.9 Å². The van der Waals surface area contributed by atoms with Crippen LogP contribution in [0.3, 0.4) is 0 Å². The van der Waals surface area contributed by atoms with Crippen molar-refractivity contribution in [2.75, 3.05) is 7.11 Å². The Morgan fingerprint density at radius 1 is 1.14 bits per heavy atom. The lowest BCUT2D eigenvalue weighted by molar-refractivity contribution is 0.199. The summed E-state index contributed by atoms with van der Waals surface area (Å²) in [6.07, 6.45) is -0.506. The lowest BCUT2D eigenvalue weighted by Gasteiger charge is -2.12. The zero-order valence-electron chi connectivity index (χ0n) is 12.4. The van der Waals surface area contributed by atoms with Crippen LogP contribution in [-0.4, -0.2) is 12.2 Å². The van der Waals surface area contributed by atoms with Gasteiger partial charge in [0, 0.05) is 0 Å². The number of ether oxygens (including phenoxy) is 2. The molecule has 0 aliphatic heterocycles. The molecular formula is C17H19FO3. The van der Waals surface area contributed by atoms with Gasteiger partial charge in [-0.3, -0.25) is 0 Å². The second-order valence-corrected chi connectivity index (χ2v) is 4.96. The maximum Gasteiger partial charge on any atom is 0.165 e. The van der Waals surface area contributed by atoms with Gasteiger partial charge in [0.15, 0.2) is 11.6 Å². The van der Waals surface area contributed by atoms with E-state index >= 15 is 0 Å². The minimum Gasteiger partial charge on any atom is -0.494 e. The van der Waals surface area contributed by atoms with E-state index in [1.54, 1.807) is 19.1 Å². The van der Waals surface area contributed by atoms with Gasteiger partial charge < -0.3 is 14.6 Å². The monoisotopic (exact) mass is 290 g/mol. The molecule has 2 rings (SSSR count). The SMILES string of the molecule is COc1ccc(COc2ccc([C@H](C)O)cc2C)cc1F. The maximum absolute atomic E-state index is 13.6. The molecule has 0 bridgehead atoms. The first-order valence-corrected chi connectivity index (χ1v) is 6.75. The normalized spacial score (nSPS) is 12.0. The zero-order valence-corrected chi connectivity index (χ0v) is 12.4. The molecule has 3 nitrogen and oxygen atoms in total. The Hall–Kier alpha value is -2.07. The van der Waals surface area contributed by atoms with Crippen molar-refractivity contribution in [2.45, 2.75) is 26.6 Å². The summed E-state index contributed by atoms with van der Waals surface area (Å²) in [5.74, 6) is 0.534. The summed E-state index contributed by atoms with van der Waals surface area (Å²) in [6, 6.07) is 10.3. The zero-order chi connectivity index (χ0) is 15.4. The van der Waals surface area contributed by atoms with Crippen molar-refractivity contribution in [2.24, 2.45) is 0 Å². The molecular weight excluding hydrogens is 271 g/mol. The van der Waals surface area contributed by atoms with E-state index in [2.05, 4.69) is 0 Å². The van der Waals surface area contributed by atoms with Crippen molar-refractivity contribution >= 4 is 0 Å². The summed E-state index contributed by atoms with van der Waals surface area (Å²) < 4.78 is 24.2. The highest BCUT2D eigenvalue weighted by atomic mass is 19.1. The van der Waals surface area contributed by atoms with Gasteiger partial charge >= 0.3 is 0 Å². The molecule has 0 saturated heterocycles. The number of hydrogen-bond acceptors (Lipinski definition) is 3. The van der Waals surface area contributed by atoms with Gasteiger partial charge in [-0.25, -0.2) is 4.39 Å². The third-order valence-corrected chi connectivity index (χ3v) is 3.29. The van der Waals surface area contributed by atoms with Crippen LogP contribution in [0.15, 0.2) is 36.4 Å². The van der Waals surface area contributed by atoms with Crippen molar-refractivity contribution in [1.29, 1.82) is 0 Å². The molecule has 0 aliphatic rings. The Morgan fingerprint density at radius 3 is 2.43 bits per heavy atom. The Balaban J connectivity index is 2.08. The van der Waals surface area contributed by atoms with Gasteiger partial charge in [0.2, 0.25) is 0 Å². The summed E-state index contributed by atoms with van der Waals surface area (Å²) in [7, 11) is 1.43. The summed E-state index contributed by atoms with van der Waals surface area (Å²) >= 11 is 0. The number of aliphatic hydroxyl groups is 1. The minimum atomic E-state index is -0.506. The average Bonchev–Trinajstić information content (AvgIpc) is 2.46. The van der Waals surface area contributed by atoms with Crippen molar-refractivity contribution in [3.63, 3.8) is 0 Å². The Bertz CT molecular complexity index is 623. The lowest BCUT2D eigenvalue weighted by atomic mass is 10.1. The first-order chi connectivity index (χ1) is 10.0. The van der Waals surface area contributed by atoms with E-state index in [9.17, 15) is 9.50 Å². The molecule has 2 aromatic carbocycles. The molecule has 0 saturated carbocycles. The highest BCUT2D eigenvalue weighted by molar-refractivity contribution is 5.37. The van der Waals surface area contributed by atoms with E-state index in [0.29, 0.717) is 0 Å². The lowest BCUT2D eigenvalue weighted by Crippen LogP contribution is -2.00. The van der Waals surface area contributed by atoms with Gasteiger partial charge in [-0.15, -0.1) is 0 Å². The van der Waals surface area contributed by atoms with Gasteiger partial charge in [-0.2, -0.15) is 0 Å². The number of methoxy groups -OCH3 is 1. The van der Waals surface area contributed by atoms with E-state index in [0.717, 1.165) is 22.4 Å². The number of hydrogen-bond donors (Lipinski definition) is 1. The van der Waals surface area contributed by atoms with Crippen LogP contribution in [0.1, 0.15) is 29.7 Å². The summed E-state index contributed by atoms with van der Waals surface area (Å²) in [5.41, 5.74) is 2.50. The van der Waals surface area contributed by atoms with E-state index in [1.165, 1.54) is 13.2 Å². The van der Waals surface area contributed by atoms with Crippen molar-refractivity contribution in [3.8, 4) is 11.5 Å². The summed E-state index contributed by atoms with van der Waals surface area (Å²) in [6.45, 7) is 3.90. The molecule has 0 spiro atoms. The fraction of sp³-hybridized carbons (Fsp3) is 0.294. The second kappa shape index (κ2) is 6.59. The first kappa shape index (κ1) is 15.3. The molecule has 0 fully saturated rings. The predicted molar refractivity (Wildman–Crippen MR) is 79.1 cm³/mol. The molecule has 0 aliphatic carbocycles. The molecule has 112 valence electrons. The van der Waals surface area contributed by atoms with Crippen LogP contribution in [-0.2, 0) is 6.61 Å². The third kappa shape index (κ3) is 3.73. The van der Waals surface area contributed by atoms with Crippen LogP contribution in [0, 0.1) is 12.7 Å². The maximum atomic E-state index is 13.6. The standard InChI is InChI=1S/C17H19FO3/c1-11-8-14(12(2)19)5-7-16(11)21-10-13-4-6-17(20-3)15(18)9-13/h4-9,12,19H,10H2,1-3H3/t12-/m0/s1. The quantitative estimate of drug-likeness (QED) is 0.911. The van der Waals surface area contributed by atoms with Crippen LogP contribution < -0.4 is 9.47 Å². The van der Waals surface area contributed by atoms with E-state index in [4.69, 9.17) is 9.47 Å². The molecule has 0 heterocycles. The smallest absolute Gasteiger partial charge is 0.165 e. The molecule has 1 N–H and O–H groups in total. The molecule has 21 heavy (non-hydrogen) atoms. The second-order valence-electron chi connectivity index (χ2n) is 4.96. The molecule has 0 amide bonds. The highest BCUT2D eigenvalue weighted by Gasteiger charge is 2.07. The number of rotatable bonds is 5. The predicted octanol–water partition coefficient (Wildman–Crippen LogP) is 3.78.